The molecule has 0 radical (unpaired) electrons. The van der Waals surface area contributed by atoms with E-state index in [9.17, 15) is 4.79 Å². The molecule has 0 spiro atoms. The van der Waals surface area contributed by atoms with Crippen LogP contribution in [0.4, 0.5) is 0 Å². The average molecular weight is 182 g/mol. The number of carbonyl (C=O) groups excluding carboxylic acids is 1. The molecule has 1 amide bonds. The minimum Gasteiger partial charge on any atom is -0.353 e. The van der Waals surface area contributed by atoms with E-state index in [1.54, 1.807) is 0 Å². The number of halogens is 2. The Morgan fingerprint density at radius 3 is 2.70 bits per heavy atom. The van der Waals surface area contributed by atoms with Crippen molar-refractivity contribution < 1.29 is 4.79 Å². The molecule has 1 aliphatic rings. The van der Waals surface area contributed by atoms with E-state index in [1.165, 1.54) is 0 Å². The Morgan fingerprint density at radius 1 is 1.70 bits per heavy atom. The number of rotatable bonds is 0. The van der Waals surface area contributed by atoms with Crippen LogP contribution in [0.1, 0.15) is 13.3 Å². The number of piperidine rings is 1. The van der Waals surface area contributed by atoms with Crippen LogP contribution in [0.25, 0.3) is 0 Å². The molecule has 2 nitrogen and oxygen atoms in total. The topological polar surface area (TPSA) is 29.1 Å². The fourth-order valence-corrected chi connectivity index (χ4v) is 1.28. The molecule has 58 valence electrons. The molecule has 0 aromatic rings. The van der Waals surface area contributed by atoms with Crippen LogP contribution in [-0.4, -0.2) is 16.8 Å². The molecule has 1 aliphatic heterocycles. The smallest absolute Gasteiger partial charge is 0.256 e. The van der Waals surface area contributed by atoms with Crippen LogP contribution in [0, 0.1) is 5.92 Å². The summed E-state index contributed by atoms with van der Waals surface area (Å²) >= 11 is 11.5. The largest absolute Gasteiger partial charge is 0.353 e. The first-order valence-electron chi connectivity index (χ1n) is 3.21. The van der Waals surface area contributed by atoms with E-state index in [0.717, 1.165) is 6.42 Å². The van der Waals surface area contributed by atoms with Crippen LogP contribution in [0.5, 0.6) is 0 Å². The highest BCUT2D eigenvalue weighted by molar-refractivity contribution is 6.58. The van der Waals surface area contributed by atoms with E-state index in [-0.39, 0.29) is 11.8 Å². The third-order valence-corrected chi connectivity index (χ3v) is 2.87. The number of hydrogen-bond acceptors (Lipinski definition) is 1. The van der Waals surface area contributed by atoms with E-state index in [1.807, 2.05) is 6.92 Å². The third-order valence-electron chi connectivity index (χ3n) is 1.78. The van der Waals surface area contributed by atoms with Gasteiger partial charge in [-0.3, -0.25) is 4.79 Å². The van der Waals surface area contributed by atoms with E-state index in [4.69, 9.17) is 23.2 Å². The molecule has 1 saturated heterocycles. The van der Waals surface area contributed by atoms with Crippen molar-refractivity contribution in [2.45, 2.75) is 17.7 Å². The van der Waals surface area contributed by atoms with Crippen LogP contribution < -0.4 is 5.32 Å². The molecule has 0 saturated carbocycles. The molecule has 1 heterocycles. The summed E-state index contributed by atoms with van der Waals surface area (Å²) in [6.45, 7) is 2.56. The van der Waals surface area contributed by atoms with Crippen molar-refractivity contribution in [1.29, 1.82) is 0 Å². The van der Waals surface area contributed by atoms with Crippen molar-refractivity contribution >= 4 is 29.1 Å². The van der Waals surface area contributed by atoms with Gasteiger partial charge in [0.05, 0.1) is 0 Å². The second-order valence-electron chi connectivity index (χ2n) is 2.57. The van der Waals surface area contributed by atoms with Gasteiger partial charge in [-0.25, -0.2) is 0 Å². The fraction of sp³-hybridized carbons (Fsp3) is 0.833. The molecular weight excluding hydrogens is 173 g/mol. The highest BCUT2D eigenvalue weighted by atomic mass is 35.5. The Labute approximate surface area is 69.9 Å². The van der Waals surface area contributed by atoms with Gasteiger partial charge in [-0.2, -0.15) is 0 Å². The maximum absolute atomic E-state index is 11.0. The average Bonchev–Trinajstić information content (AvgIpc) is 1.84. The third kappa shape index (κ3) is 1.23. The molecule has 1 unspecified atom stereocenters. The number of amides is 1. The molecule has 4 heteroatoms. The van der Waals surface area contributed by atoms with Gasteiger partial charge in [0.2, 0.25) is 0 Å². The number of carbonyl (C=O) groups is 1. The predicted molar refractivity (Wildman–Crippen MR) is 41.2 cm³/mol. The van der Waals surface area contributed by atoms with Gasteiger partial charge in [0.1, 0.15) is 0 Å². The molecule has 1 rings (SSSR count). The summed E-state index contributed by atoms with van der Waals surface area (Å²) in [7, 11) is 0. The maximum Gasteiger partial charge on any atom is 0.256 e. The summed E-state index contributed by atoms with van der Waals surface area (Å²) in [6, 6.07) is 0. The highest BCUT2D eigenvalue weighted by Crippen LogP contribution is 2.34. The van der Waals surface area contributed by atoms with Gasteiger partial charge in [0.15, 0.2) is 4.33 Å². The Hall–Kier alpha value is 0.0500. The van der Waals surface area contributed by atoms with Gasteiger partial charge in [0.25, 0.3) is 5.91 Å². The van der Waals surface area contributed by atoms with Crippen LogP contribution in [0.2, 0.25) is 0 Å². The standard InChI is InChI=1S/C6H9Cl2NO/c1-4-2-3-9-5(10)6(4,7)8/h4H,2-3H2,1H3,(H,9,10). The monoisotopic (exact) mass is 181 g/mol. The van der Waals surface area contributed by atoms with Gasteiger partial charge in [0, 0.05) is 6.54 Å². The lowest BCUT2D eigenvalue weighted by atomic mass is 9.99. The number of hydrogen-bond donors (Lipinski definition) is 1. The molecule has 1 N–H and O–H groups in total. The Kier molecular flexibility index (Phi) is 2.11. The highest BCUT2D eigenvalue weighted by Gasteiger charge is 2.41. The second kappa shape index (κ2) is 2.59. The minimum absolute atomic E-state index is 0.0459. The summed E-state index contributed by atoms with van der Waals surface area (Å²) in [5.74, 6) is -0.223. The second-order valence-corrected chi connectivity index (χ2v) is 3.95. The molecule has 0 aliphatic carbocycles. The summed E-state index contributed by atoms with van der Waals surface area (Å²) in [5.41, 5.74) is 0. The molecule has 0 bridgehead atoms. The SMILES string of the molecule is CC1CCNC(=O)C1(Cl)Cl. The zero-order valence-electron chi connectivity index (χ0n) is 5.66. The number of nitrogens with one attached hydrogen (secondary N) is 1. The first kappa shape index (κ1) is 8.15. The summed E-state index contributed by atoms with van der Waals surface area (Å²) in [4.78, 5) is 11.0. The van der Waals surface area contributed by atoms with Gasteiger partial charge in [-0.1, -0.05) is 30.1 Å². The molecule has 0 aromatic carbocycles. The van der Waals surface area contributed by atoms with Crippen molar-refractivity contribution in [2.24, 2.45) is 5.92 Å². The quantitative estimate of drug-likeness (QED) is 0.562. The van der Waals surface area contributed by atoms with Crippen molar-refractivity contribution in [3.63, 3.8) is 0 Å². The van der Waals surface area contributed by atoms with E-state index in [0.29, 0.717) is 6.54 Å². The molecular formula is C6H9Cl2NO. The van der Waals surface area contributed by atoms with Gasteiger partial charge in [-0.15, -0.1) is 0 Å². The van der Waals surface area contributed by atoms with Gasteiger partial charge >= 0.3 is 0 Å². The van der Waals surface area contributed by atoms with E-state index in [2.05, 4.69) is 5.32 Å². The van der Waals surface area contributed by atoms with Crippen LogP contribution in [-0.2, 0) is 4.79 Å². The zero-order chi connectivity index (χ0) is 7.78. The molecule has 1 atom stereocenters. The van der Waals surface area contributed by atoms with E-state index >= 15 is 0 Å². The van der Waals surface area contributed by atoms with Crippen LogP contribution >= 0.6 is 23.2 Å². The normalized spacial score (nSPS) is 31.5. The van der Waals surface area contributed by atoms with Crippen molar-refractivity contribution in [3.8, 4) is 0 Å². The Bertz CT molecular complexity index is 158. The lowest BCUT2D eigenvalue weighted by molar-refractivity contribution is -0.124. The predicted octanol–water partition coefficient (Wildman–Crippen LogP) is 1.32. The zero-order valence-corrected chi connectivity index (χ0v) is 7.17. The maximum atomic E-state index is 11.0. The molecule has 0 aromatic heterocycles. The van der Waals surface area contributed by atoms with E-state index < -0.39 is 4.33 Å². The van der Waals surface area contributed by atoms with Crippen molar-refractivity contribution in [3.05, 3.63) is 0 Å². The Balaban J connectivity index is 2.73. The molecule has 1 fully saturated rings. The minimum atomic E-state index is -1.21. The van der Waals surface area contributed by atoms with Crippen molar-refractivity contribution in [2.75, 3.05) is 6.54 Å². The van der Waals surface area contributed by atoms with Gasteiger partial charge < -0.3 is 5.32 Å². The summed E-state index contributed by atoms with van der Waals surface area (Å²) in [5, 5.41) is 2.60. The van der Waals surface area contributed by atoms with Gasteiger partial charge in [-0.05, 0) is 12.3 Å². The van der Waals surface area contributed by atoms with Crippen LogP contribution in [0.15, 0.2) is 0 Å². The van der Waals surface area contributed by atoms with Crippen LogP contribution in [0.3, 0.4) is 0 Å². The lowest BCUT2D eigenvalue weighted by Gasteiger charge is -2.30. The first-order valence-corrected chi connectivity index (χ1v) is 3.97. The summed E-state index contributed by atoms with van der Waals surface area (Å²) in [6.07, 6.45) is 0.846. The fourth-order valence-electron chi connectivity index (χ4n) is 0.925. The first-order chi connectivity index (χ1) is 4.55. The number of alkyl halides is 2. The summed E-state index contributed by atoms with van der Waals surface area (Å²) < 4.78 is -1.21. The van der Waals surface area contributed by atoms with Crippen molar-refractivity contribution in [1.82, 2.24) is 5.32 Å². The Morgan fingerprint density at radius 2 is 2.30 bits per heavy atom. The molecule has 10 heavy (non-hydrogen) atoms. The lowest BCUT2D eigenvalue weighted by Crippen LogP contribution is -2.48.